The highest BCUT2D eigenvalue weighted by Gasteiger charge is 2.30. The van der Waals surface area contributed by atoms with Crippen LogP contribution in [0.2, 0.25) is 10.0 Å². The van der Waals surface area contributed by atoms with Gasteiger partial charge in [0.15, 0.2) is 5.78 Å². The molecule has 41 heavy (non-hydrogen) atoms. The number of amides is 3. The second kappa shape index (κ2) is 12.3. The summed E-state index contributed by atoms with van der Waals surface area (Å²) in [5.41, 5.74) is 4.34. The summed E-state index contributed by atoms with van der Waals surface area (Å²) >= 11 is 13.2. The number of aryl methyl sites for hydroxylation is 1. The molecule has 0 saturated carbocycles. The van der Waals surface area contributed by atoms with Crippen LogP contribution < -0.4 is 10.6 Å². The highest BCUT2D eigenvalue weighted by atomic mass is 35.5. The van der Waals surface area contributed by atoms with Gasteiger partial charge in [0, 0.05) is 31.6 Å². The van der Waals surface area contributed by atoms with E-state index in [1.165, 1.54) is 5.56 Å². The van der Waals surface area contributed by atoms with Gasteiger partial charge in [-0.05, 0) is 59.7 Å². The summed E-state index contributed by atoms with van der Waals surface area (Å²) in [5.74, 6) is -3.03. The number of Topliss-reactive ketones (excluding diaryl/α,β-unsaturated/α-hetero) is 1. The molecule has 1 aliphatic heterocycles. The molecular weight excluding hydrogens is 565 g/mol. The number of carbonyl (C=O) groups excluding carboxylic acids is 3. The smallest absolute Gasteiger partial charge is 0.315 e. The fourth-order valence-electron chi connectivity index (χ4n) is 5.55. The van der Waals surface area contributed by atoms with Crippen LogP contribution in [0.1, 0.15) is 61.9 Å². The normalized spacial score (nSPS) is 16.3. The maximum Gasteiger partial charge on any atom is 0.315 e. The predicted octanol–water partition coefficient (Wildman–Crippen LogP) is 5.45. The number of carboxylic acid groups (broad SMARTS) is 1. The topological polar surface area (TPSA) is 116 Å². The second-order valence-corrected chi connectivity index (χ2v) is 11.1. The van der Waals surface area contributed by atoms with Gasteiger partial charge in [0.05, 0.1) is 27.6 Å². The van der Waals surface area contributed by atoms with E-state index in [-0.39, 0.29) is 34.1 Å². The molecule has 2 unspecified atom stereocenters. The van der Waals surface area contributed by atoms with Crippen molar-refractivity contribution in [3.63, 3.8) is 0 Å². The van der Waals surface area contributed by atoms with E-state index in [9.17, 15) is 24.3 Å². The summed E-state index contributed by atoms with van der Waals surface area (Å²) in [6, 6.07) is 17.8. The Bertz CT molecular complexity index is 1510. The van der Waals surface area contributed by atoms with E-state index in [0.29, 0.717) is 25.1 Å². The van der Waals surface area contributed by atoms with Crippen LogP contribution >= 0.6 is 23.2 Å². The number of rotatable bonds is 8. The Hall–Kier alpha value is -3.88. The van der Waals surface area contributed by atoms with E-state index in [0.717, 1.165) is 29.5 Å². The molecule has 2 atom stereocenters. The van der Waals surface area contributed by atoms with E-state index >= 15 is 0 Å². The largest absolute Gasteiger partial charge is 0.481 e. The van der Waals surface area contributed by atoms with Crippen molar-refractivity contribution in [2.24, 2.45) is 5.92 Å². The third-order valence-corrected chi connectivity index (χ3v) is 8.43. The number of carbonyl (C=O) groups is 4. The predicted molar refractivity (Wildman–Crippen MR) is 155 cm³/mol. The number of halogens is 2. The summed E-state index contributed by atoms with van der Waals surface area (Å²) in [7, 11) is 0. The average Bonchev–Trinajstić information content (AvgIpc) is 3.37. The van der Waals surface area contributed by atoms with Crippen LogP contribution in [0.25, 0.3) is 0 Å². The van der Waals surface area contributed by atoms with E-state index in [4.69, 9.17) is 23.2 Å². The van der Waals surface area contributed by atoms with Crippen LogP contribution in [-0.4, -0.2) is 46.8 Å². The highest BCUT2D eigenvalue weighted by Crippen LogP contribution is 2.36. The number of aliphatic carboxylic acids is 1. The summed E-state index contributed by atoms with van der Waals surface area (Å²) < 4.78 is 0. The molecule has 10 heteroatoms. The zero-order valence-electron chi connectivity index (χ0n) is 22.2. The van der Waals surface area contributed by atoms with Gasteiger partial charge in [0.25, 0.3) is 5.91 Å². The molecule has 5 rings (SSSR count). The summed E-state index contributed by atoms with van der Waals surface area (Å²) in [5, 5.41) is 15.5. The average molecular weight is 594 g/mol. The molecule has 3 N–H and O–H groups in total. The Morgan fingerprint density at radius 3 is 2.46 bits per heavy atom. The molecule has 3 aromatic rings. The summed E-state index contributed by atoms with van der Waals surface area (Å²) in [6.45, 7) is 0.467. The minimum absolute atomic E-state index is 0.0631. The second-order valence-electron chi connectivity index (χ2n) is 10.3. The fourth-order valence-corrected chi connectivity index (χ4v) is 6.35. The van der Waals surface area contributed by atoms with Gasteiger partial charge < -0.3 is 20.6 Å². The Morgan fingerprint density at radius 2 is 1.71 bits per heavy atom. The maximum atomic E-state index is 13.3. The molecule has 212 valence electrons. The van der Waals surface area contributed by atoms with Crippen LogP contribution in [0.3, 0.4) is 0 Å². The maximum absolute atomic E-state index is 13.3. The number of benzene rings is 3. The van der Waals surface area contributed by atoms with Crippen molar-refractivity contribution in [2.75, 3.05) is 13.1 Å². The first-order valence-corrected chi connectivity index (χ1v) is 14.2. The standard InChI is InChI=1S/C31H29Cl2N3O5/c32-24-14-21-17-36(29(38)19-7-2-1-3-8-19)13-12-23(21)28(33)27(24)26(37)15-20(30(39)40)16-34-31(41)35-25-11-10-18-6-4-5-9-22(18)25/h1-9,14,20,25H,10-13,15-17H2,(H,39,40)(H2,34,35,41). The molecule has 0 radical (unpaired) electrons. The lowest BCUT2D eigenvalue weighted by molar-refractivity contribution is -0.141. The van der Waals surface area contributed by atoms with E-state index in [1.54, 1.807) is 35.2 Å². The fraction of sp³-hybridized carbons (Fsp3) is 0.290. The number of hydrogen-bond donors (Lipinski definition) is 3. The number of urea groups is 1. The minimum atomic E-state index is -1.22. The zero-order valence-corrected chi connectivity index (χ0v) is 23.7. The number of ketones is 1. The Labute approximate surface area is 247 Å². The van der Waals surface area contributed by atoms with Crippen LogP contribution in [0.4, 0.5) is 4.79 Å². The molecule has 2 aliphatic rings. The van der Waals surface area contributed by atoms with Gasteiger partial charge in [-0.1, -0.05) is 65.7 Å². The lowest BCUT2D eigenvalue weighted by atomic mass is 9.92. The molecule has 0 spiro atoms. The number of nitrogens with zero attached hydrogens (tertiary/aromatic N) is 1. The van der Waals surface area contributed by atoms with Crippen molar-refractivity contribution in [1.82, 2.24) is 15.5 Å². The van der Waals surface area contributed by atoms with E-state index < -0.39 is 30.1 Å². The number of fused-ring (bicyclic) bond motifs is 2. The first-order valence-electron chi connectivity index (χ1n) is 13.4. The molecule has 0 bridgehead atoms. The van der Waals surface area contributed by atoms with Crippen LogP contribution in [-0.2, 0) is 24.2 Å². The van der Waals surface area contributed by atoms with Gasteiger partial charge >= 0.3 is 12.0 Å². The number of carboxylic acids is 1. The van der Waals surface area contributed by atoms with Crippen LogP contribution in [0.5, 0.6) is 0 Å². The molecule has 0 fully saturated rings. The van der Waals surface area contributed by atoms with Gasteiger partial charge in [-0.15, -0.1) is 0 Å². The molecule has 1 aliphatic carbocycles. The van der Waals surface area contributed by atoms with Gasteiger partial charge in [-0.25, -0.2) is 4.79 Å². The quantitative estimate of drug-likeness (QED) is 0.300. The van der Waals surface area contributed by atoms with E-state index in [1.807, 2.05) is 30.3 Å². The zero-order chi connectivity index (χ0) is 29.1. The van der Waals surface area contributed by atoms with E-state index in [2.05, 4.69) is 10.6 Å². The molecule has 1 heterocycles. The third kappa shape index (κ3) is 6.24. The molecule has 8 nitrogen and oxygen atoms in total. The molecule has 0 saturated heterocycles. The molecule has 3 amide bonds. The Balaban J connectivity index is 1.23. The lowest BCUT2D eigenvalue weighted by Crippen LogP contribution is -2.41. The minimum Gasteiger partial charge on any atom is -0.481 e. The highest BCUT2D eigenvalue weighted by molar-refractivity contribution is 6.40. The lowest BCUT2D eigenvalue weighted by Gasteiger charge is -2.30. The summed E-state index contributed by atoms with van der Waals surface area (Å²) in [4.78, 5) is 52.4. The van der Waals surface area contributed by atoms with Gasteiger partial charge in [0.1, 0.15) is 0 Å². The first kappa shape index (κ1) is 28.6. The van der Waals surface area contributed by atoms with Crippen molar-refractivity contribution < 1.29 is 24.3 Å². The van der Waals surface area contributed by atoms with Gasteiger partial charge in [-0.3, -0.25) is 14.4 Å². The van der Waals surface area contributed by atoms with Crippen molar-refractivity contribution >= 4 is 46.9 Å². The Kier molecular flexibility index (Phi) is 8.61. The first-order chi connectivity index (χ1) is 19.7. The summed E-state index contributed by atoms with van der Waals surface area (Å²) in [6.07, 6.45) is 1.66. The molecule has 3 aromatic carbocycles. The molecule has 0 aromatic heterocycles. The number of nitrogens with one attached hydrogen (secondary N) is 2. The monoisotopic (exact) mass is 593 g/mol. The van der Waals surface area contributed by atoms with Crippen LogP contribution in [0.15, 0.2) is 60.7 Å². The van der Waals surface area contributed by atoms with Crippen molar-refractivity contribution in [2.45, 2.75) is 38.3 Å². The van der Waals surface area contributed by atoms with Gasteiger partial charge in [-0.2, -0.15) is 0 Å². The third-order valence-electron chi connectivity index (χ3n) is 7.72. The SMILES string of the molecule is O=C(NCC(CC(=O)c1c(Cl)cc2c(c1Cl)CCN(C(=O)c1ccccc1)C2)C(=O)O)NC1CCc2ccccc21. The van der Waals surface area contributed by atoms with Crippen molar-refractivity contribution in [1.29, 1.82) is 0 Å². The van der Waals surface area contributed by atoms with Crippen molar-refractivity contribution in [3.05, 3.63) is 104 Å². The Morgan fingerprint density at radius 1 is 0.976 bits per heavy atom. The van der Waals surface area contributed by atoms with Crippen LogP contribution in [0, 0.1) is 5.92 Å². The molecular formula is C31H29Cl2N3O5. The number of hydrogen-bond acceptors (Lipinski definition) is 4. The van der Waals surface area contributed by atoms with Gasteiger partial charge in [0.2, 0.25) is 0 Å². The van der Waals surface area contributed by atoms with Crippen molar-refractivity contribution in [3.8, 4) is 0 Å².